The smallest absolute Gasteiger partial charge is 0.416 e. The molecule has 0 unspecified atom stereocenters. The molecule has 0 atom stereocenters. The van der Waals surface area contributed by atoms with Gasteiger partial charge in [-0.2, -0.15) is 13.2 Å². The van der Waals surface area contributed by atoms with Crippen molar-refractivity contribution in [2.45, 2.75) is 12.6 Å². The van der Waals surface area contributed by atoms with Gasteiger partial charge < -0.3 is 9.47 Å². The van der Waals surface area contributed by atoms with Gasteiger partial charge in [-0.3, -0.25) is 0 Å². The number of ether oxygens (including phenoxy) is 2. The van der Waals surface area contributed by atoms with E-state index in [-0.39, 0.29) is 27.8 Å². The van der Waals surface area contributed by atoms with Crippen molar-refractivity contribution in [3.8, 4) is 11.5 Å². The lowest BCUT2D eigenvalue weighted by molar-refractivity contribution is -0.137. The summed E-state index contributed by atoms with van der Waals surface area (Å²) in [7, 11) is 0. The largest absolute Gasteiger partial charge is 0.490 e. The Labute approximate surface area is 186 Å². The summed E-state index contributed by atoms with van der Waals surface area (Å²) in [4.78, 5) is 0. The first kappa shape index (κ1) is 23.7. The number of alkyl halides is 3. The highest BCUT2D eigenvalue weighted by Gasteiger charge is 2.30. The molecular weight excluding hydrogens is 471 g/mol. The van der Waals surface area contributed by atoms with E-state index < -0.39 is 11.7 Å². The van der Waals surface area contributed by atoms with E-state index in [9.17, 15) is 13.2 Å². The molecule has 2 aromatic rings. The topological polar surface area (TPSA) is 18.5 Å². The lowest BCUT2D eigenvalue weighted by atomic mass is 10.1. The molecule has 0 fully saturated rings. The molecule has 0 saturated heterocycles. The van der Waals surface area contributed by atoms with Crippen molar-refractivity contribution < 1.29 is 22.6 Å². The average molecular weight is 486 g/mol. The molecular formula is C20H15Cl4F3O2. The van der Waals surface area contributed by atoms with Crippen LogP contribution in [0, 0.1) is 0 Å². The number of hydrogen-bond donors (Lipinski definition) is 0. The fraction of sp³-hybridized carbons (Fsp3) is 0.200. The van der Waals surface area contributed by atoms with E-state index in [0.717, 1.165) is 12.1 Å². The molecule has 0 aromatic heterocycles. The van der Waals surface area contributed by atoms with Gasteiger partial charge in [-0.05, 0) is 30.2 Å². The van der Waals surface area contributed by atoms with Gasteiger partial charge in [0.05, 0.1) is 22.2 Å². The van der Waals surface area contributed by atoms with Crippen LogP contribution in [0.1, 0.15) is 17.5 Å². The highest BCUT2D eigenvalue weighted by atomic mass is 35.5. The Kier molecular flexibility index (Phi) is 9.03. The zero-order valence-electron chi connectivity index (χ0n) is 14.8. The fourth-order valence-electron chi connectivity index (χ4n) is 2.23. The molecule has 2 nitrogen and oxygen atoms in total. The van der Waals surface area contributed by atoms with Crippen molar-refractivity contribution >= 4 is 52.5 Å². The van der Waals surface area contributed by atoms with Crippen molar-refractivity contribution in [2.24, 2.45) is 0 Å². The molecule has 0 bridgehead atoms. The van der Waals surface area contributed by atoms with Crippen molar-refractivity contribution in [2.75, 3.05) is 13.2 Å². The molecule has 29 heavy (non-hydrogen) atoms. The van der Waals surface area contributed by atoms with E-state index in [1.54, 1.807) is 18.2 Å². The zero-order valence-corrected chi connectivity index (χ0v) is 17.8. The summed E-state index contributed by atoms with van der Waals surface area (Å²) < 4.78 is 49.2. The third kappa shape index (κ3) is 8.01. The summed E-state index contributed by atoms with van der Waals surface area (Å²) in [6.07, 6.45) is 0.834. The van der Waals surface area contributed by atoms with E-state index >= 15 is 0 Å². The minimum atomic E-state index is -4.37. The van der Waals surface area contributed by atoms with Crippen molar-refractivity contribution in [3.63, 3.8) is 0 Å². The number of benzene rings is 2. The van der Waals surface area contributed by atoms with Crippen molar-refractivity contribution in [1.29, 1.82) is 0 Å². The van der Waals surface area contributed by atoms with E-state index in [4.69, 9.17) is 55.9 Å². The maximum Gasteiger partial charge on any atom is 0.416 e. The molecule has 0 spiro atoms. The van der Waals surface area contributed by atoms with Crippen LogP contribution in [0.3, 0.4) is 0 Å². The molecule has 2 aromatic carbocycles. The van der Waals surface area contributed by atoms with Crippen LogP contribution < -0.4 is 9.47 Å². The van der Waals surface area contributed by atoms with Gasteiger partial charge in [0.2, 0.25) is 0 Å². The quantitative estimate of drug-likeness (QED) is 0.351. The average Bonchev–Trinajstić information content (AvgIpc) is 2.62. The van der Waals surface area contributed by atoms with Crippen molar-refractivity contribution in [1.82, 2.24) is 0 Å². The standard InChI is InChI=1S/C20H15Cl4F3O2/c21-16-11-15(28-9-7-18(23)24)12-17(22)19(16)29-8-2-1-4-13-5-3-6-14(10-13)20(25,26)27/h1,3-7,10-12H,2,8-9H2. The Morgan fingerprint density at radius 3 is 2.31 bits per heavy atom. The second kappa shape index (κ2) is 11.0. The minimum absolute atomic E-state index is 0.0836. The molecule has 0 saturated carbocycles. The van der Waals surface area contributed by atoms with Gasteiger partial charge in [-0.1, -0.05) is 70.7 Å². The highest BCUT2D eigenvalue weighted by molar-refractivity contribution is 6.55. The lowest BCUT2D eigenvalue weighted by Crippen LogP contribution is -2.04. The predicted molar refractivity (Wildman–Crippen MR) is 112 cm³/mol. The van der Waals surface area contributed by atoms with Gasteiger partial charge in [-0.25, -0.2) is 0 Å². The molecule has 0 amide bonds. The van der Waals surface area contributed by atoms with Gasteiger partial charge in [-0.15, -0.1) is 0 Å². The fourth-order valence-corrected chi connectivity index (χ4v) is 2.93. The van der Waals surface area contributed by atoms with Crippen LogP contribution in [0.5, 0.6) is 11.5 Å². The summed E-state index contributed by atoms with van der Waals surface area (Å²) >= 11 is 23.3. The monoisotopic (exact) mass is 484 g/mol. The molecule has 2 rings (SSSR count). The third-order valence-corrected chi connectivity index (χ3v) is 4.38. The van der Waals surface area contributed by atoms with E-state index in [1.807, 2.05) is 0 Å². The number of rotatable bonds is 8. The summed E-state index contributed by atoms with van der Waals surface area (Å²) in [5, 5.41) is 0.519. The maximum absolute atomic E-state index is 12.7. The molecule has 0 aliphatic carbocycles. The van der Waals surface area contributed by atoms with E-state index in [0.29, 0.717) is 23.5 Å². The Hall–Kier alpha value is -1.53. The number of halogens is 7. The lowest BCUT2D eigenvalue weighted by Gasteiger charge is -2.11. The molecule has 0 aliphatic rings. The second-order valence-corrected chi connectivity index (χ2v) is 7.51. The second-order valence-electron chi connectivity index (χ2n) is 5.68. The summed E-state index contributed by atoms with van der Waals surface area (Å²) in [6, 6.07) is 8.13. The number of hydrogen-bond acceptors (Lipinski definition) is 2. The van der Waals surface area contributed by atoms with Crippen LogP contribution in [0.25, 0.3) is 6.08 Å². The van der Waals surface area contributed by atoms with Crippen LogP contribution >= 0.6 is 46.4 Å². The SMILES string of the molecule is FC(F)(F)c1cccc(C=CCCOc2c(Cl)cc(OCC=C(Cl)Cl)cc2Cl)c1. The van der Waals surface area contributed by atoms with Crippen LogP contribution in [0.15, 0.2) is 53.0 Å². The Morgan fingerprint density at radius 2 is 1.69 bits per heavy atom. The summed E-state index contributed by atoms with van der Waals surface area (Å²) in [5.41, 5.74) is -0.246. The van der Waals surface area contributed by atoms with Crippen molar-refractivity contribution in [3.05, 3.63) is 74.2 Å². The van der Waals surface area contributed by atoms with Crippen LogP contribution in [-0.4, -0.2) is 13.2 Å². The molecule has 0 N–H and O–H groups in total. The zero-order chi connectivity index (χ0) is 21.4. The Balaban J connectivity index is 1.90. The molecule has 156 valence electrons. The Morgan fingerprint density at radius 1 is 1.00 bits per heavy atom. The summed E-state index contributed by atoms with van der Waals surface area (Å²) in [5.74, 6) is 0.710. The normalized spacial score (nSPS) is 11.6. The first-order valence-electron chi connectivity index (χ1n) is 8.26. The van der Waals surface area contributed by atoms with Gasteiger partial charge in [0.25, 0.3) is 0 Å². The predicted octanol–water partition coefficient (Wildman–Crippen LogP) is 8.19. The summed E-state index contributed by atoms with van der Waals surface area (Å²) in [6.45, 7) is 0.384. The van der Waals surface area contributed by atoms with Crippen LogP contribution in [0.4, 0.5) is 13.2 Å². The van der Waals surface area contributed by atoms with Crippen LogP contribution in [0.2, 0.25) is 10.0 Å². The first-order chi connectivity index (χ1) is 13.7. The van der Waals surface area contributed by atoms with Gasteiger partial charge in [0.1, 0.15) is 16.8 Å². The van der Waals surface area contributed by atoms with Crippen LogP contribution in [-0.2, 0) is 6.18 Å². The van der Waals surface area contributed by atoms with E-state index in [2.05, 4.69) is 0 Å². The maximum atomic E-state index is 12.7. The van der Waals surface area contributed by atoms with E-state index in [1.165, 1.54) is 24.3 Å². The minimum Gasteiger partial charge on any atom is -0.490 e. The molecule has 0 aliphatic heterocycles. The molecule has 9 heteroatoms. The third-order valence-electron chi connectivity index (χ3n) is 3.51. The van der Waals surface area contributed by atoms with Gasteiger partial charge in [0.15, 0.2) is 5.75 Å². The van der Waals surface area contributed by atoms with Gasteiger partial charge >= 0.3 is 6.18 Å². The van der Waals surface area contributed by atoms with Gasteiger partial charge in [0, 0.05) is 12.1 Å². The first-order valence-corrected chi connectivity index (χ1v) is 9.77. The molecule has 0 heterocycles. The Bertz CT molecular complexity index is 869. The highest BCUT2D eigenvalue weighted by Crippen LogP contribution is 2.37. The molecule has 0 radical (unpaired) electrons.